The Balaban J connectivity index is 0.00000288. The van der Waals surface area contributed by atoms with E-state index in [0.717, 1.165) is 18.1 Å². The number of hydrogen-bond donors (Lipinski definition) is 2. The summed E-state index contributed by atoms with van der Waals surface area (Å²) >= 11 is 0. The molecular formula is C19H26IN3O. The fourth-order valence-electron chi connectivity index (χ4n) is 2.31. The van der Waals surface area contributed by atoms with Gasteiger partial charge in [0.1, 0.15) is 0 Å². The summed E-state index contributed by atoms with van der Waals surface area (Å²) in [5.74, 6) is 0.767. The Morgan fingerprint density at radius 1 is 1.04 bits per heavy atom. The van der Waals surface area contributed by atoms with Crippen molar-refractivity contribution in [2.75, 3.05) is 20.7 Å². The number of aryl methyl sites for hydroxylation is 1. The van der Waals surface area contributed by atoms with E-state index in [0.29, 0.717) is 6.54 Å². The zero-order valence-corrected chi connectivity index (χ0v) is 16.8. The summed E-state index contributed by atoms with van der Waals surface area (Å²) in [7, 11) is 3.50. The number of guanidine groups is 1. The molecule has 0 heterocycles. The van der Waals surface area contributed by atoms with E-state index in [1.54, 1.807) is 14.2 Å². The van der Waals surface area contributed by atoms with Gasteiger partial charge in [-0.25, -0.2) is 0 Å². The van der Waals surface area contributed by atoms with E-state index in [9.17, 15) is 0 Å². The van der Waals surface area contributed by atoms with Gasteiger partial charge in [0.05, 0.1) is 6.10 Å². The first kappa shape index (κ1) is 20.4. The van der Waals surface area contributed by atoms with Crippen LogP contribution in [0.1, 0.15) is 22.8 Å². The zero-order valence-electron chi connectivity index (χ0n) is 14.5. The smallest absolute Gasteiger partial charge is 0.191 e. The second kappa shape index (κ2) is 11.0. The summed E-state index contributed by atoms with van der Waals surface area (Å²) in [5, 5.41) is 6.63. The van der Waals surface area contributed by atoms with Crippen LogP contribution in [0.15, 0.2) is 59.6 Å². The number of benzene rings is 2. The minimum atomic E-state index is -0.00544. The molecule has 2 aromatic rings. The lowest BCUT2D eigenvalue weighted by Gasteiger charge is -2.18. The molecule has 0 radical (unpaired) electrons. The SMILES string of the molecule is CN=C(NCc1ccc(C)cc1)NCC(OC)c1ccccc1.I. The van der Waals surface area contributed by atoms with Gasteiger partial charge in [0.25, 0.3) is 0 Å². The summed E-state index contributed by atoms with van der Waals surface area (Å²) in [6.07, 6.45) is -0.00544. The Morgan fingerprint density at radius 2 is 1.71 bits per heavy atom. The molecule has 130 valence electrons. The summed E-state index contributed by atoms with van der Waals surface area (Å²) < 4.78 is 5.56. The molecule has 0 saturated heterocycles. The number of nitrogens with one attached hydrogen (secondary N) is 2. The van der Waals surface area contributed by atoms with Crippen LogP contribution in [-0.2, 0) is 11.3 Å². The molecule has 0 amide bonds. The Bertz CT molecular complexity index is 614. The first-order chi connectivity index (χ1) is 11.2. The van der Waals surface area contributed by atoms with Crippen LogP contribution >= 0.6 is 24.0 Å². The van der Waals surface area contributed by atoms with Gasteiger partial charge >= 0.3 is 0 Å². The third kappa shape index (κ3) is 6.49. The van der Waals surface area contributed by atoms with Gasteiger partial charge in [-0.1, -0.05) is 60.2 Å². The number of rotatable bonds is 6. The normalized spacial score (nSPS) is 12.2. The average Bonchev–Trinajstić information content (AvgIpc) is 2.60. The van der Waals surface area contributed by atoms with E-state index in [1.807, 2.05) is 18.2 Å². The predicted octanol–water partition coefficient (Wildman–Crippen LogP) is 3.67. The van der Waals surface area contributed by atoms with Crippen molar-refractivity contribution in [1.82, 2.24) is 10.6 Å². The van der Waals surface area contributed by atoms with E-state index in [-0.39, 0.29) is 30.1 Å². The molecule has 1 unspecified atom stereocenters. The molecule has 0 bridgehead atoms. The van der Waals surface area contributed by atoms with E-state index in [1.165, 1.54) is 11.1 Å². The maximum atomic E-state index is 5.56. The van der Waals surface area contributed by atoms with Crippen molar-refractivity contribution in [2.24, 2.45) is 4.99 Å². The largest absolute Gasteiger partial charge is 0.375 e. The summed E-state index contributed by atoms with van der Waals surface area (Å²) in [5.41, 5.74) is 3.64. The number of hydrogen-bond acceptors (Lipinski definition) is 2. The van der Waals surface area contributed by atoms with Gasteiger partial charge < -0.3 is 15.4 Å². The number of nitrogens with zero attached hydrogens (tertiary/aromatic N) is 1. The van der Waals surface area contributed by atoms with Crippen LogP contribution in [0.5, 0.6) is 0 Å². The van der Waals surface area contributed by atoms with Crippen LogP contribution in [-0.4, -0.2) is 26.7 Å². The molecule has 0 fully saturated rings. The highest BCUT2D eigenvalue weighted by atomic mass is 127. The highest BCUT2D eigenvalue weighted by Crippen LogP contribution is 2.14. The average molecular weight is 439 g/mol. The third-order valence-electron chi connectivity index (χ3n) is 3.71. The highest BCUT2D eigenvalue weighted by molar-refractivity contribution is 14.0. The number of ether oxygens (including phenoxy) is 1. The molecule has 2 aromatic carbocycles. The van der Waals surface area contributed by atoms with Crippen LogP contribution in [0.4, 0.5) is 0 Å². The van der Waals surface area contributed by atoms with Gasteiger partial charge in [0.2, 0.25) is 0 Å². The quantitative estimate of drug-likeness (QED) is 0.410. The fourth-order valence-corrected chi connectivity index (χ4v) is 2.31. The molecular weight excluding hydrogens is 413 g/mol. The Kier molecular flexibility index (Phi) is 9.41. The molecule has 2 N–H and O–H groups in total. The lowest BCUT2D eigenvalue weighted by Crippen LogP contribution is -2.39. The van der Waals surface area contributed by atoms with Crippen molar-refractivity contribution in [1.29, 1.82) is 0 Å². The van der Waals surface area contributed by atoms with E-state index in [2.05, 4.69) is 58.9 Å². The monoisotopic (exact) mass is 439 g/mol. The van der Waals surface area contributed by atoms with E-state index >= 15 is 0 Å². The lowest BCUT2D eigenvalue weighted by molar-refractivity contribution is 0.106. The second-order valence-corrected chi connectivity index (χ2v) is 5.43. The molecule has 0 spiro atoms. The highest BCUT2D eigenvalue weighted by Gasteiger charge is 2.10. The van der Waals surface area contributed by atoms with Gasteiger partial charge in [-0.2, -0.15) is 0 Å². The molecule has 0 aliphatic heterocycles. The molecule has 24 heavy (non-hydrogen) atoms. The van der Waals surface area contributed by atoms with Crippen LogP contribution in [0, 0.1) is 6.92 Å². The molecule has 0 saturated carbocycles. The van der Waals surface area contributed by atoms with Crippen molar-refractivity contribution >= 4 is 29.9 Å². The molecule has 5 heteroatoms. The topological polar surface area (TPSA) is 45.7 Å². The minimum Gasteiger partial charge on any atom is -0.375 e. The first-order valence-electron chi connectivity index (χ1n) is 7.80. The van der Waals surface area contributed by atoms with E-state index in [4.69, 9.17) is 4.74 Å². The van der Waals surface area contributed by atoms with Crippen LogP contribution in [0.3, 0.4) is 0 Å². The number of methoxy groups -OCH3 is 1. The molecule has 2 rings (SSSR count). The molecule has 1 atom stereocenters. The predicted molar refractivity (Wildman–Crippen MR) is 111 cm³/mol. The van der Waals surface area contributed by atoms with Gasteiger partial charge in [-0.05, 0) is 18.1 Å². The Morgan fingerprint density at radius 3 is 2.29 bits per heavy atom. The van der Waals surface area contributed by atoms with Crippen molar-refractivity contribution in [3.8, 4) is 0 Å². The zero-order chi connectivity index (χ0) is 16.5. The lowest BCUT2D eigenvalue weighted by atomic mass is 10.1. The van der Waals surface area contributed by atoms with Gasteiger partial charge in [0.15, 0.2) is 5.96 Å². The van der Waals surface area contributed by atoms with Crippen LogP contribution < -0.4 is 10.6 Å². The van der Waals surface area contributed by atoms with Crippen molar-refractivity contribution in [3.63, 3.8) is 0 Å². The van der Waals surface area contributed by atoms with Gasteiger partial charge in [0, 0.05) is 27.2 Å². The minimum absolute atomic E-state index is 0. The fraction of sp³-hybridized carbons (Fsp3) is 0.316. The summed E-state index contributed by atoms with van der Waals surface area (Å²) in [4.78, 5) is 4.26. The summed E-state index contributed by atoms with van der Waals surface area (Å²) in [6.45, 7) is 3.49. The van der Waals surface area contributed by atoms with Crippen molar-refractivity contribution in [3.05, 3.63) is 71.3 Å². The van der Waals surface area contributed by atoms with Gasteiger partial charge in [-0.15, -0.1) is 24.0 Å². The van der Waals surface area contributed by atoms with Gasteiger partial charge in [-0.3, -0.25) is 4.99 Å². The molecule has 0 aromatic heterocycles. The standard InChI is InChI=1S/C19H25N3O.HI/c1-15-9-11-16(12-10-15)13-21-19(20-2)22-14-18(23-3)17-7-5-4-6-8-17;/h4-12,18H,13-14H2,1-3H3,(H2,20,21,22);1H. The van der Waals surface area contributed by atoms with Crippen molar-refractivity contribution in [2.45, 2.75) is 19.6 Å². The van der Waals surface area contributed by atoms with Crippen LogP contribution in [0.2, 0.25) is 0 Å². The maximum absolute atomic E-state index is 5.56. The Labute approximate surface area is 161 Å². The number of halogens is 1. The number of aliphatic imine (C=N–C) groups is 1. The molecule has 0 aliphatic rings. The third-order valence-corrected chi connectivity index (χ3v) is 3.71. The summed E-state index contributed by atoms with van der Waals surface area (Å²) in [6, 6.07) is 18.7. The second-order valence-electron chi connectivity index (χ2n) is 5.43. The maximum Gasteiger partial charge on any atom is 0.191 e. The van der Waals surface area contributed by atoms with Crippen LogP contribution in [0.25, 0.3) is 0 Å². The molecule has 0 aliphatic carbocycles. The van der Waals surface area contributed by atoms with Crippen molar-refractivity contribution < 1.29 is 4.74 Å². The Hall–Kier alpha value is -1.60. The first-order valence-corrected chi connectivity index (χ1v) is 7.80. The molecule has 4 nitrogen and oxygen atoms in total. The van der Waals surface area contributed by atoms with E-state index < -0.39 is 0 Å².